The van der Waals surface area contributed by atoms with Crippen LogP contribution in [-0.2, 0) is 4.79 Å². The van der Waals surface area contributed by atoms with Gasteiger partial charge in [0.15, 0.2) is 0 Å². The summed E-state index contributed by atoms with van der Waals surface area (Å²) in [4.78, 5) is 30.3. The predicted molar refractivity (Wildman–Crippen MR) is 75.2 cm³/mol. The lowest BCUT2D eigenvalue weighted by Gasteiger charge is -2.38. The first kappa shape index (κ1) is 14.2. The molecule has 2 heterocycles. The van der Waals surface area contributed by atoms with E-state index in [9.17, 15) is 14.0 Å². The number of hydrogen-bond acceptors (Lipinski definition) is 3. The summed E-state index contributed by atoms with van der Waals surface area (Å²) >= 11 is 0. The van der Waals surface area contributed by atoms with Gasteiger partial charge >= 0.3 is 0 Å². The van der Waals surface area contributed by atoms with Gasteiger partial charge in [-0.15, -0.1) is 0 Å². The Bertz CT molecular complexity index is 544. The van der Waals surface area contributed by atoms with E-state index in [4.69, 9.17) is 0 Å². The van der Waals surface area contributed by atoms with Crippen molar-refractivity contribution in [2.45, 2.75) is 44.6 Å². The summed E-state index contributed by atoms with van der Waals surface area (Å²) < 4.78 is 12.9. The molecule has 5 heteroatoms. The molecule has 0 bridgehead atoms. The second kappa shape index (κ2) is 5.92. The second-order valence-corrected chi connectivity index (χ2v) is 5.89. The minimum absolute atomic E-state index is 0.00639. The highest BCUT2D eigenvalue weighted by atomic mass is 19.1. The van der Waals surface area contributed by atoms with Crippen LogP contribution in [0.25, 0.3) is 0 Å². The van der Waals surface area contributed by atoms with E-state index in [0.29, 0.717) is 13.0 Å². The Labute approximate surface area is 123 Å². The number of likely N-dealkylation sites (tertiary alicyclic amines) is 1. The lowest BCUT2D eigenvalue weighted by molar-refractivity contribution is -0.122. The van der Waals surface area contributed by atoms with Gasteiger partial charge in [0.05, 0.1) is 6.20 Å². The van der Waals surface area contributed by atoms with Crippen molar-refractivity contribution in [2.75, 3.05) is 6.54 Å². The van der Waals surface area contributed by atoms with E-state index < -0.39 is 5.82 Å². The van der Waals surface area contributed by atoms with Gasteiger partial charge in [0.1, 0.15) is 17.3 Å². The maximum atomic E-state index is 12.9. The Morgan fingerprint density at radius 2 is 2.10 bits per heavy atom. The number of halogens is 1. The van der Waals surface area contributed by atoms with Crippen LogP contribution in [0.2, 0.25) is 0 Å². The molecule has 2 aliphatic rings. The molecule has 4 nitrogen and oxygen atoms in total. The lowest BCUT2D eigenvalue weighted by Crippen LogP contribution is -2.48. The largest absolute Gasteiger partial charge is 0.334 e. The van der Waals surface area contributed by atoms with Crippen molar-refractivity contribution in [3.8, 4) is 0 Å². The summed E-state index contributed by atoms with van der Waals surface area (Å²) in [7, 11) is 0. The molecule has 0 aromatic carbocycles. The van der Waals surface area contributed by atoms with E-state index in [2.05, 4.69) is 4.98 Å². The van der Waals surface area contributed by atoms with Crippen LogP contribution in [0, 0.1) is 11.7 Å². The van der Waals surface area contributed by atoms with Crippen LogP contribution in [0.15, 0.2) is 18.3 Å². The number of carbonyl (C=O) groups is 2. The third-order valence-electron chi connectivity index (χ3n) is 4.57. The normalized spacial score (nSPS) is 26.1. The van der Waals surface area contributed by atoms with Gasteiger partial charge < -0.3 is 4.90 Å². The minimum Gasteiger partial charge on any atom is -0.334 e. The monoisotopic (exact) mass is 290 g/mol. The molecule has 2 atom stereocenters. The van der Waals surface area contributed by atoms with Crippen molar-refractivity contribution in [1.82, 2.24) is 9.88 Å². The number of ketones is 1. The van der Waals surface area contributed by atoms with Crippen molar-refractivity contribution >= 4 is 11.7 Å². The van der Waals surface area contributed by atoms with E-state index in [1.165, 1.54) is 12.1 Å². The molecule has 3 rings (SSSR count). The summed E-state index contributed by atoms with van der Waals surface area (Å²) in [5.74, 6) is -0.367. The van der Waals surface area contributed by atoms with Gasteiger partial charge in [-0.05, 0) is 44.2 Å². The van der Waals surface area contributed by atoms with Gasteiger partial charge in [-0.3, -0.25) is 9.59 Å². The average Bonchev–Trinajstić information content (AvgIpc) is 2.93. The molecule has 112 valence electrons. The fraction of sp³-hybridized carbons (Fsp3) is 0.562. The van der Waals surface area contributed by atoms with Crippen molar-refractivity contribution < 1.29 is 14.0 Å². The van der Waals surface area contributed by atoms with Gasteiger partial charge in [-0.25, -0.2) is 9.37 Å². The highest BCUT2D eigenvalue weighted by Crippen LogP contribution is 2.33. The zero-order valence-electron chi connectivity index (χ0n) is 11.9. The number of rotatable bonds is 2. The molecule has 1 aliphatic heterocycles. The fourth-order valence-corrected chi connectivity index (χ4v) is 3.53. The van der Waals surface area contributed by atoms with Crippen LogP contribution in [0.5, 0.6) is 0 Å². The van der Waals surface area contributed by atoms with Crippen LogP contribution < -0.4 is 0 Å². The van der Waals surface area contributed by atoms with Crippen molar-refractivity contribution in [1.29, 1.82) is 0 Å². The standard InChI is InChI=1S/C16H19FN2O2/c17-11-7-8-13(18-10-11)16(21)19-9-2-1-5-14(19)12-4-3-6-15(12)20/h7-8,10,12,14H,1-6,9H2. The Morgan fingerprint density at radius 3 is 2.76 bits per heavy atom. The molecule has 1 aromatic rings. The predicted octanol–water partition coefficient (Wildman–Crippen LogP) is 2.58. The molecule has 1 aromatic heterocycles. The third-order valence-corrected chi connectivity index (χ3v) is 4.57. The number of carbonyl (C=O) groups excluding carboxylic acids is 2. The summed E-state index contributed by atoms with van der Waals surface area (Å²) in [6.45, 7) is 0.659. The first-order valence-corrected chi connectivity index (χ1v) is 7.62. The quantitative estimate of drug-likeness (QED) is 0.841. The Kier molecular flexibility index (Phi) is 3.99. The SMILES string of the molecule is O=C1CCCC1C1CCCCN1C(=O)c1ccc(F)cn1. The smallest absolute Gasteiger partial charge is 0.272 e. The first-order valence-electron chi connectivity index (χ1n) is 7.62. The number of pyridine rings is 1. The summed E-state index contributed by atoms with van der Waals surface area (Å²) in [6.07, 6.45) is 6.38. The van der Waals surface area contributed by atoms with E-state index >= 15 is 0 Å². The number of hydrogen-bond donors (Lipinski definition) is 0. The van der Waals surface area contributed by atoms with Gasteiger partial charge in [0.2, 0.25) is 0 Å². The number of aromatic nitrogens is 1. The first-order chi connectivity index (χ1) is 10.2. The fourth-order valence-electron chi connectivity index (χ4n) is 3.53. The zero-order chi connectivity index (χ0) is 14.8. The molecule has 0 spiro atoms. The third kappa shape index (κ3) is 2.82. The number of amides is 1. The summed E-state index contributed by atoms with van der Waals surface area (Å²) in [5, 5.41) is 0. The Balaban J connectivity index is 1.81. The van der Waals surface area contributed by atoms with Gasteiger partial charge in [0, 0.05) is 24.9 Å². The van der Waals surface area contributed by atoms with Crippen LogP contribution >= 0.6 is 0 Å². The minimum atomic E-state index is -0.451. The van der Waals surface area contributed by atoms with Crippen LogP contribution in [0.3, 0.4) is 0 Å². The Morgan fingerprint density at radius 1 is 1.24 bits per heavy atom. The van der Waals surface area contributed by atoms with Crippen LogP contribution in [0.1, 0.15) is 49.0 Å². The molecule has 2 unspecified atom stereocenters. The highest BCUT2D eigenvalue weighted by molar-refractivity contribution is 5.93. The molecule has 0 radical (unpaired) electrons. The molecule has 2 fully saturated rings. The van der Waals surface area contributed by atoms with E-state index in [0.717, 1.165) is 38.3 Å². The maximum Gasteiger partial charge on any atom is 0.272 e. The molecule has 1 amide bonds. The number of piperidine rings is 1. The van der Waals surface area contributed by atoms with Crippen LogP contribution in [-0.4, -0.2) is 34.2 Å². The van der Waals surface area contributed by atoms with Crippen LogP contribution in [0.4, 0.5) is 4.39 Å². The molecule has 1 saturated carbocycles. The molecular formula is C16H19FN2O2. The Hall–Kier alpha value is -1.78. The summed E-state index contributed by atoms with van der Waals surface area (Å²) in [6, 6.07) is 2.66. The molecule has 0 N–H and O–H groups in total. The lowest BCUT2D eigenvalue weighted by atomic mass is 9.88. The molecule has 1 aliphatic carbocycles. The van der Waals surface area contributed by atoms with Gasteiger partial charge in [0.25, 0.3) is 5.91 Å². The van der Waals surface area contributed by atoms with E-state index in [1.807, 2.05) is 0 Å². The van der Waals surface area contributed by atoms with E-state index in [-0.39, 0.29) is 29.3 Å². The molecule has 1 saturated heterocycles. The van der Waals surface area contributed by atoms with Crippen molar-refractivity contribution in [2.24, 2.45) is 5.92 Å². The molecular weight excluding hydrogens is 271 g/mol. The molecule has 21 heavy (non-hydrogen) atoms. The maximum absolute atomic E-state index is 12.9. The second-order valence-electron chi connectivity index (χ2n) is 5.89. The topological polar surface area (TPSA) is 50.3 Å². The summed E-state index contributed by atoms with van der Waals surface area (Å²) in [5.41, 5.74) is 0.258. The van der Waals surface area contributed by atoms with Crippen molar-refractivity contribution in [3.63, 3.8) is 0 Å². The van der Waals surface area contributed by atoms with Crippen molar-refractivity contribution in [3.05, 3.63) is 29.8 Å². The van der Waals surface area contributed by atoms with Gasteiger partial charge in [-0.2, -0.15) is 0 Å². The van der Waals surface area contributed by atoms with E-state index in [1.54, 1.807) is 4.90 Å². The number of nitrogens with zero attached hydrogens (tertiary/aromatic N) is 2. The highest BCUT2D eigenvalue weighted by Gasteiger charge is 2.39. The zero-order valence-corrected chi connectivity index (χ0v) is 11.9. The van der Waals surface area contributed by atoms with Gasteiger partial charge in [-0.1, -0.05) is 0 Å². The average molecular weight is 290 g/mol. The number of Topliss-reactive ketones (excluding diaryl/α,β-unsaturated/α-hetero) is 1.